The molecule has 2 aromatic carbocycles. The Kier molecular flexibility index (Phi) is 7.28. The maximum Gasteiger partial charge on any atom is 0.331 e. The number of hydrogen-bond acceptors (Lipinski definition) is 3. The SMILES string of the molecule is CC/C(=C(/C)C(=O)O)c1cn(C2CCCCC2)c(-c2ccc(OCc3ccccc3)cc2)n1. The Labute approximate surface area is 195 Å². The van der Waals surface area contributed by atoms with Crippen molar-refractivity contribution in [1.29, 1.82) is 0 Å². The fourth-order valence-corrected chi connectivity index (χ4v) is 4.60. The third kappa shape index (κ3) is 5.36. The molecule has 0 saturated heterocycles. The van der Waals surface area contributed by atoms with Crippen molar-refractivity contribution in [3.05, 3.63) is 77.6 Å². The van der Waals surface area contributed by atoms with Crippen LogP contribution in [-0.4, -0.2) is 20.6 Å². The molecular formula is C28H32N2O3. The van der Waals surface area contributed by atoms with Gasteiger partial charge in [-0.1, -0.05) is 56.5 Å². The summed E-state index contributed by atoms with van der Waals surface area (Å²) in [4.78, 5) is 16.6. The molecule has 0 unspecified atom stereocenters. The van der Waals surface area contributed by atoms with Crippen LogP contribution in [0.5, 0.6) is 5.75 Å². The molecule has 4 rings (SSSR count). The van der Waals surface area contributed by atoms with Gasteiger partial charge < -0.3 is 14.4 Å². The van der Waals surface area contributed by atoms with Crippen LogP contribution in [0.15, 0.2) is 66.4 Å². The second-order valence-corrected chi connectivity index (χ2v) is 8.71. The quantitative estimate of drug-likeness (QED) is 0.384. The first-order chi connectivity index (χ1) is 16.1. The molecule has 33 heavy (non-hydrogen) atoms. The zero-order valence-corrected chi connectivity index (χ0v) is 19.5. The summed E-state index contributed by atoms with van der Waals surface area (Å²) in [5.41, 5.74) is 4.07. The van der Waals surface area contributed by atoms with Crippen molar-refractivity contribution in [3.63, 3.8) is 0 Å². The van der Waals surface area contributed by atoms with E-state index >= 15 is 0 Å². The molecule has 0 bridgehead atoms. The number of imidazole rings is 1. The number of hydrogen-bond donors (Lipinski definition) is 1. The normalized spacial score (nSPS) is 15.2. The second-order valence-electron chi connectivity index (χ2n) is 8.71. The van der Waals surface area contributed by atoms with Crippen molar-refractivity contribution in [2.75, 3.05) is 0 Å². The van der Waals surface area contributed by atoms with Crippen LogP contribution in [0.25, 0.3) is 17.0 Å². The molecule has 1 saturated carbocycles. The van der Waals surface area contributed by atoms with Crippen LogP contribution in [-0.2, 0) is 11.4 Å². The molecule has 0 aliphatic heterocycles. The van der Waals surface area contributed by atoms with Gasteiger partial charge in [-0.15, -0.1) is 0 Å². The van der Waals surface area contributed by atoms with Crippen LogP contribution in [0, 0.1) is 0 Å². The lowest BCUT2D eigenvalue weighted by Crippen LogP contribution is -2.13. The third-order valence-corrected chi connectivity index (χ3v) is 6.50. The smallest absolute Gasteiger partial charge is 0.331 e. The van der Waals surface area contributed by atoms with Gasteiger partial charge in [0.25, 0.3) is 0 Å². The molecule has 5 heteroatoms. The molecule has 0 amide bonds. The lowest BCUT2D eigenvalue weighted by atomic mass is 9.95. The molecule has 1 heterocycles. The number of carbonyl (C=O) groups is 1. The molecule has 0 radical (unpaired) electrons. The Bertz CT molecular complexity index is 1110. The zero-order chi connectivity index (χ0) is 23.2. The summed E-state index contributed by atoms with van der Waals surface area (Å²) in [6, 6.07) is 18.6. The van der Waals surface area contributed by atoms with E-state index in [1.807, 2.05) is 49.4 Å². The largest absolute Gasteiger partial charge is 0.489 e. The highest BCUT2D eigenvalue weighted by atomic mass is 16.5. The minimum atomic E-state index is -0.888. The van der Waals surface area contributed by atoms with E-state index in [4.69, 9.17) is 9.72 Å². The van der Waals surface area contributed by atoms with Crippen molar-refractivity contribution in [2.45, 2.75) is 65.0 Å². The highest BCUT2D eigenvalue weighted by Crippen LogP contribution is 2.35. The van der Waals surface area contributed by atoms with Gasteiger partial charge in [0, 0.05) is 23.4 Å². The van der Waals surface area contributed by atoms with Crippen molar-refractivity contribution in [2.24, 2.45) is 0 Å². The van der Waals surface area contributed by atoms with Crippen LogP contribution in [0.1, 0.15) is 69.7 Å². The Morgan fingerprint density at radius 3 is 2.39 bits per heavy atom. The van der Waals surface area contributed by atoms with Crippen molar-refractivity contribution >= 4 is 11.5 Å². The lowest BCUT2D eigenvalue weighted by molar-refractivity contribution is -0.132. The Balaban J connectivity index is 1.64. The Morgan fingerprint density at radius 2 is 1.76 bits per heavy atom. The minimum Gasteiger partial charge on any atom is -0.489 e. The van der Waals surface area contributed by atoms with E-state index < -0.39 is 5.97 Å². The zero-order valence-electron chi connectivity index (χ0n) is 19.5. The topological polar surface area (TPSA) is 64.3 Å². The number of allylic oxidation sites excluding steroid dienone is 1. The number of benzene rings is 2. The molecule has 1 aliphatic rings. The van der Waals surface area contributed by atoms with Gasteiger partial charge in [0.1, 0.15) is 18.2 Å². The molecule has 0 spiro atoms. The predicted octanol–water partition coefficient (Wildman–Crippen LogP) is 6.90. The molecule has 1 aliphatic carbocycles. The van der Waals surface area contributed by atoms with Gasteiger partial charge in [-0.25, -0.2) is 9.78 Å². The Hall–Kier alpha value is -3.34. The molecule has 1 N–H and O–H groups in total. The highest BCUT2D eigenvalue weighted by molar-refractivity contribution is 5.95. The molecular weight excluding hydrogens is 412 g/mol. The summed E-state index contributed by atoms with van der Waals surface area (Å²) in [7, 11) is 0. The van der Waals surface area contributed by atoms with Gasteiger partial charge >= 0.3 is 5.97 Å². The second kappa shape index (κ2) is 10.5. The highest BCUT2D eigenvalue weighted by Gasteiger charge is 2.22. The van der Waals surface area contributed by atoms with Gasteiger partial charge in [0.05, 0.1) is 5.69 Å². The monoisotopic (exact) mass is 444 g/mol. The van der Waals surface area contributed by atoms with E-state index in [9.17, 15) is 9.90 Å². The van der Waals surface area contributed by atoms with E-state index in [2.05, 4.69) is 22.9 Å². The van der Waals surface area contributed by atoms with Crippen molar-refractivity contribution in [1.82, 2.24) is 9.55 Å². The van der Waals surface area contributed by atoms with E-state index in [1.165, 1.54) is 19.3 Å². The molecule has 5 nitrogen and oxygen atoms in total. The maximum absolute atomic E-state index is 11.6. The summed E-state index contributed by atoms with van der Waals surface area (Å²) in [6.45, 7) is 4.18. The van der Waals surface area contributed by atoms with Crippen molar-refractivity contribution in [3.8, 4) is 17.1 Å². The van der Waals surface area contributed by atoms with Crippen LogP contribution in [0.2, 0.25) is 0 Å². The fraction of sp³-hybridized carbons (Fsp3) is 0.357. The van der Waals surface area contributed by atoms with Gasteiger partial charge in [-0.3, -0.25) is 0 Å². The number of rotatable bonds is 8. The number of ether oxygens (including phenoxy) is 1. The fourth-order valence-electron chi connectivity index (χ4n) is 4.60. The molecule has 3 aromatic rings. The van der Waals surface area contributed by atoms with E-state index in [0.717, 1.165) is 46.8 Å². The standard InChI is InChI=1S/C28H32N2O3/c1-3-25(20(2)28(31)32)26-18-30(23-12-8-5-9-13-23)27(29-26)22-14-16-24(17-15-22)33-19-21-10-6-4-7-11-21/h4,6-7,10-11,14-18,23H,3,5,8-9,12-13,19H2,1-2H3,(H,31,32)/b25-20+. The van der Waals surface area contributed by atoms with Gasteiger partial charge in [0.15, 0.2) is 0 Å². The van der Waals surface area contributed by atoms with Crippen LogP contribution in [0.3, 0.4) is 0 Å². The number of aromatic nitrogens is 2. The third-order valence-electron chi connectivity index (χ3n) is 6.50. The first-order valence-electron chi connectivity index (χ1n) is 11.9. The number of carboxylic acid groups (broad SMARTS) is 1. The number of nitrogens with zero attached hydrogens (tertiary/aromatic N) is 2. The number of carboxylic acids is 1. The first-order valence-corrected chi connectivity index (χ1v) is 11.9. The summed E-state index contributed by atoms with van der Waals surface area (Å²) in [5, 5.41) is 9.54. The van der Waals surface area contributed by atoms with Gasteiger partial charge in [-0.2, -0.15) is 0 Å². The molecule has 1 fully saturated rings. The Morgan fingerprint density at radius 1 is 1.06 bits per heavy atom. The summed E-state index contributed by atoms with van der Waals surface area (Å²) in [6.07, 6.45) is 8.67. The molecule has 1 aromatic heterocycles. The van der Waals surface area contributed by atoms with Gasteiger partial charge in [-0.05, 0) is 61.6 Å². The summed E-state index contributed by atoms with van der Waals surface area (Å²) < 4.78 is 8.23. The van der Waals surface area contributed by atoms with Crippen molar-refractivity contribution < 1.29 is 14.6 Å². The van der Waals surface area contributed by atoms with Crippen LogP contribution < -0.4 is 4.74 Å². The summed E-state index contributed by atoms with van der Waals surface area (Å²) in [5.74, 6) is 0.825. The average molecular weight is 445 g/mol. The lowest BCUT2D eigenvalue weighted by Gasteiger charge is -2.24. The number of aliphatic carboxylic acids is 1. The summed E-state index contributed by atoms with van der Waals surface area (Å²) >= 11 is 0. The minimum absolute atomic E-state index is 0.363. The molecule has 0 atom stereocenters. The van der Waals surface area contributed by atoms with Gasteiger partial charge in [0.2, 0.25) is 0 Å². The average Bonchev–Trinajstić information content (AvgIpc) is 3.29. The molecule has 172 valence electrons. The van der Waals surface area contributed by atoms with Crippen LogP contribution in [0.4, 0.5) is 0 Å². The van der Waals surface area contributed by atoms with Crippen LogP contribution >= 0.6 is 0 Å². The predicted molar refractivity (Wildman–Crippen MR) is 131 cm³/mol. The van der Waals surface area contributed by atoms with E-state index in [0.29, 0.717) is 24.6 Å². The first kappa shape index (κ1) is 22.8. The maximum atomic E-state index is 11.6. The van der Waals surface area contributed by atoms with E-state index in [1.54, 1.807) is 6.92 Å². The van der Waals surface area contributed by atoms with E-state index in [-0.39, 0.29) is 0 Å².